The van der Waals surface area contributed by atoms with Gasteiger partial charge in [-0.2, -0.15) is 0 Å². The van der Waals surface area contributed by atoms with E-state index in [1.165, 1.54) is 29.5 Å². The molecule has 1 amide bonds. The number of halogens is 1. The average Bonchev–Trinajstić information content (AvgIpc) is 3.19. The highest BCUT2D eigenvalue weighted by molar-refractivity contribution is 7.14. The number of amides is 1. The number of thiazole rings is 1. The Labute approximate surface area is 128 Å². The van der Waals surface area contributed by atoms with Crippen LogP contribution in [0.3, 0.4) is 0 Å². The molecule has 0 unspecified atom stereocenters. The largest absolute Gasteiger partial charge is 0.298 e. The minimum absolute atomic E-state index is 0.0639. The van der Waals surface area contributed by atoms with Crippen molar-refractivity contribution in [2.75, 3.05) is 5.32 Å². The highest BCUT2D eigenvalue weighted by Crippen LogP contribution is 2.41. The molecule has 1 N–H and O–H groups in total. The Balaban J connectivity index is 1.81. The predicted octanol–water partition coefficient (Wildman–Crippen LogP) is 3.83. The van der Waals surface area contributed by atoms with Gasteiger partial charge in [-0.25, -0.2) is 4.98 Å². The van der Waals surface area contributed by atoms with E-state index < -0.39 is 10.8 Å². The maximum absolute atomic E-state index is 12.2. The van der Waals surface area contributed by atoms with Crippen LogP contribution in [0.4, 0.5) is 10.8 Å². The third-order valence-corrected chi connectivity index (χ3v) is 4.33. The first-order valence-corrected chi connectivity index (χ1v) is 7.51. The zero-order valence-corrected chi connectivity index (χ0v) is 12.3. The second-order valence-corrected chi connectivity index (χ2v) is 5.94. The Hall–Kier alpha value is -1.99. The highest BCUT2D eigenvalue weighted by Gasteiger charge is 2.26. The van der Waals surface area contributed by atoms with Crippen molar-refractivity contribution in [2.45, 2.75) is 18.8 Å². The maximum Gasteiger partial charge on any atom is 0.288 e. The molecule has 8 heteroatoms. The standard InChI is InChI=1S/C13H10ClN3O3S/c14-11-8(2-1-3-10(11)17(19)20)12(18)16-13-15-9(6-21-13)7-4-5-7/h1-3,6-7H,4-5H2,(H,15,16,18). The molecule has 2 aromatic rings. The number of benzene rings is 1. The molecule has 1 fully saturated rings. The Morgan fingerprint density at radius 1 is 1.48 bits per heavy atom. The van der Waals surface area contributed by atoms with Crippen LogP contribution in [0.5, 0.6) is 0 Å². The lowest BCUT2D eigenvalue weighted by atomic mass is 10.2. The molecule has 0 atom stereocenters. The predicted molar refractivity (Wildman–Crippen MR) is 80.1 cm³/mol. The molecule has 0 bridgehead atoms. The van der Waals surface area contributed by atoms with E-state index in [4.69, 9.17) is 11.6 Å². The second-order valence-electron chi connectivity index (χ2n) is 4.70. The number of rotatable bonds is 4. The van der Waals surface area contributed by atoms with Crippen LogP contribution in [-0.4, -0.2) is 15.8 Å². The fourth-order valence-corrected chi connectivity index (χ4v) is 2.98. The summed E-state index contributed by atoms with van der Waals surface area (Å²) >= 11 is 7.25. The summed E-state index contributed by atoms with van der Waals surface area (Å²) in [7, 11) is 0. The van der Waals surface area contributed by atoms with Gasteiger partial charge in [-0.05, 0) is 18.9 Å². The fraction of sp³-hybridized carbons (Fsp3) is 0.231. The van der Waals surface area contributed by atoms with Crippen molar-refractivity contribution in [3.8, 4) is 0 Å². The molecule has 108 valence electrons. The highest BCUT2D eigenvalue weighted by atomic mass is 35.5. The van der Waals surface area contributed by atoms with Crippen LogP contribution in [-0.2, 0) is 0 Å². The molecule has 1 aliphatic carbocycles. The number of hydrogen-bond donors (Lipinski definition) is 1. The molecule has 1 aliphatic rings. The molecule has 1 aromatic heterocycles. The van der Waals surface area contributed by atoms with Gasteiger partial charge in [0.1, 0.15) is 5.02 Å². The van der Waals surface area contributed by atoms with Gasteiger partial charge in [0.15, 0.2) is 5.13 Å². The smallest absolute Gasteiger partial charge is 0.288 e. The Bertz CT molecular complexity index is 727. The van der Waals surface area contributed by atoms with Crippen LogP contribution in [0.25, 0.3) is 0 Å². The van der Waals surface area contributed by atoms with Crippen molar-refractivity contribution in [1.82, 2.24) is 4.98 Å². The van der Waals surface area contributed by atoms with Crippen molar-refractivity contribution in [3.05, 3.63) is 50.0 Å². The molecule has 0 radical (unpaired) electrons. The van der Waals surface area contributed by atoms with Gasteiger partial charge in [-0.1, -0.05) is 17.7 Å². The van der Waals surface area contributed by atoms with E-state index in [0.717, 1.165) is 18.5 Å². The van der Waals surface area contributed by atoms with Gasteiger partial charge in [0.05, 0.1) is 16.2 Å². The molecular formula is C13H10ClN3O3S. The first kappa shape index (κ1) is 14.0. The van der Waals surface area contributed by atoms with E-state index in [0.29, 0.717) is 11.0 Å². The first-order valence-electron chi connectivity index (χ1n) is 6.26. The molecule has 21 heavy (non-hydrogen) atoms. The Morgan fingerprint density at radius 3 is 2.90 bits per heavy atom. The summed E-state index contributed by atoms with van der Waals surface area (Å²) in [5.41, 5.74) is 0.761. The third kappa shape index (κ3) is 2.88. The molecule has 0 aliphatic heterocycles. The van der Waals surface area contributed by atoms with Crippen LogP contribution in [0.2, 0.25) is 5.02 Å². The number of nitrogens with one attached hydrogen (secondary N) is 1. The Morgan fingerprint density at radius 2 is 2.24 bits per heavy atom. The van der Waals surface area contributed by atoms with E-state index in [1.54, 1.807) is 0 Å². The van der Waals surface area contributed by atoms with Crippen molar-refractivity contribution in [1.29, 1.82) is 0 Å². The van der Waals surface area contributed by atoms with Gasteiger partial charge in [0.2, 0.25) is 0 Å². The lowest BCUT2D eigenvalue weighted by Gasteiger charge is -2.04. The summed E-state index contributed by atoms with van der Waals surface area (Å²) in [5, 5.41) is 15.7. The number of aromatic nitrogens is 1. The van der Waals surface area contributed by atoms with Gasteiger partial charge in [0.25, 0.3) is 11.6 Å². The summed E-state index contributed by atoms with van der Waals surface area (Å²) in [5.74, 6) is 0.00806. The molecule has 0 saturated heterocycles. The van der Waals surface area contributed by atoms with Crippen molar-refractivity contribution < 1.29 is 9.72 Å². The molecular weight excluding hydrogens is 314 g/mol. The second kappa shape index (κ2) is 5.42. The molecule has 0 spiro atoms. The third-order valence-electron chi connectivity index (χ3n) is 3.16. The Kier molecular flexibility index (Phi) is 3.60. The summed E-state index contributed by atoms with van der Waals surface area (Å²) in [6.07, 6.45) is 2.27. The number of hydrogen-bond acceptors (Lipinski definition) is 5. The van der Waals surface area contributed by atoms with Gasteiger partial charge < -0.3 is 0 Å². The van der Waals surface area contributed by atoms with Gasteiger partial charge in [-0.15, -0.1) is 11.3 Å². The first-order chi connectivity index (χ1) is 10.1. The number of nitrogens with zero attached hydrogens (tertiary/aromatic N) is 2. The molecule has 6 nitrogen and oxygen atoms in total. The van der Waals surface area contributed by atoms with Crippen molar-refractivity contribution in [2.24, 2.45) is 0 Å². The van der Waals surface area contributed by atoms with Gasteiger partial charge in [-0.3, -0.25) is 20.2 Å². The zero-order valence-electron chi connectivity index (χ0n) is 10.7. The van der Waals surface area contributed by atoms with E-state index in [2.05, 4.69) is 10.3 Å². The molecule has 3 rings (SSSR count). The molecule has 1 heterocycles. The minimum atomic E-state index is -0.617. The average molecular weight is 324 g/mol. The number of nitro groups is 1. The molecule has 1 aromatic carbocycles. The van der Waals surface area contributed by atoms with E-state index in [9.17, 15) is 14.9 Å². The molecule has 1 saturated carbocycles. The summed E-state index contributed by atoms with van der Waals surface area (Å²) < 4.78 is 0. The summed E-state index contributed by atoms with van der Waals surface area (Å²) in [4.78, 5) is 26.7. The quantitative estimate of drug-likeness (QED) is 0.684. The minimum Gasteiger partial charge on any atom is -0.298 e. The monoisotopic (exact) mass is 323 g/mol. The van der Waals surface area contributed by atoms with Crippen molar-refractivity contribution >= 4 is 39.7 Å². The number of nitro benzene ring substituents is 1. The van der Waals surface area contributed by atoms with Crippen molar-refractivity contribution in [3.63, 3.8) is 0 Å². The van der Waals surface area contributed by atoms with Crippen LogP contribution in [0.1, 0.15) is 34.8 Å². The van der Waals surface area contributed by atoms with Crippen LogP contribution in [0.15, 0.2) is 23.6 Å². The van der Waals surface area contributed by atoms with Gasteiger partial charge in [0, 0.05) is 17.4 Å². The normalized spacial score (nSPS) is 14.0. The lowest BCUT2D eigenvalue weighted by Crippen LogP contribution is -2.13. The summed E-state index contributed by atoms with van der Waals surface area (Å²) in [6.45, 7) is 0. The van der Waals surface area contributed by atoms with E-state index >= 15 is 0 Å². The fourth-order valence-electron chi connectivity index (χ4n) is 1.91. The van der Waals surface area contributed by atoms with Crippen LogP contribution in [0, 0.1) is 10.1 Å². The van der Waals surface area contributed by atoms with E-state index in [1.807, 2.05) is 5.38 Å². The number of carbonyl (C=O) groups excluding carboxylic acids is 1. The topological polar surface area (TPSA) is 85.1 Å². The summed E-state index contributed by atoms with van der Waals surface area (Å²) in [6, 6.07) is 4.13. The van der Waals surface area contributed by atoms with Gasteiger partial charge >= 0.3 is 0 Å². The van der Waals surface area contributed by atoms with Crippen LogP contribution >= 0.6 is 22.9 Å². The van der Waals surface area contributed by atoms with E-state index in [-0.39, 0.29) is 16.3 Å². The SMILES string of the molecule is O=C(Nc1nc(C2CC2)cs1)c1cccc([N+](=O)[O-])c1Cl. The number of anilines is 1. The maximum atomic E-state index is 12.2. The van der Waals surface area contributed by atoms with Crippen LogP contribution < -0.4 is 5.32 Å². The lowest BCUT2D eigenvalue weighted by molar-refractivity contribution is -0.384. The zero-order chi connectivity index (χ0) is 15.0. The number of carbonyl (C=O) groups is 1.